The van der Waals surface area contributed by atoms with Gasteiger partial charge in [-0.2, -0.15) is 5.43 Å². The number of halogens is 1. The van der Waals surface area contributed by atoms with E-state index in [1.807, 2.05) is 0 Å². The van der Waals surface area contributed by atoms with Crippen molar-refractivity contribution in [1.29, 1.82) is 0 Å². The van der Waals surface area contributed by atoms with E-state index in [9.17, 15) is 23.6 Å². The highest BCUT2D eigenvalue weighted by Crippen LogP contribution is 2.25. The Morgan fingerprint density at radius 1 is 1.00 bits per heavy atom. The smallest absolute Gasteiger partial charge is 0.326 e. The molecule has 11 heteroatoms. The molecule has 160 valence electrons. The van der Waals surface area contributed by atoms with E-state index >= 15 is 0 Å². The van der Waals surface area contributed by atoms with Crippen molar-refractivity contribution in [2.75, 3.05) is 29.9 Å². The minimum Gasteiger partial charge on any atom is -0.366 e. The molecule has 4 N–H and O–H groups in total. The van der Waals surface area contributed by atoms with Gasteiger partial charge in [-0.05, 0) is 48.5 Å². The molecule has 31 heavy (non-hydrogen) atoms. The second-order valence-electron chi connectivity index (χ2n) is 7.05. The van der Waals surface area contributed by atoms with Crippen LogP contribution >= 0.6 is 0 Å². The van der Waals surface area contributed by atoms with Crippen LogP contribution in [-0.4, -0.2) is 59.5 Å². The fourth-order valence-electron chi connectivity index (χ4n) is 3.50. The Morgan fingerprint density at radius 3 is 2.29 bits per heavy atom. The number of amides is 4. The molecule has 0 radical (unpaired) electrons. The van der Waals surface area contributed by atoms with Gasteiger partial charge in [0.2, 0.25) is 11.8 Å². The predicted molar refractivity (Wildman–Crippen MR) is 108 cm³/mol. The molecule has 2 aromatic carbocycles. The molecule has 2 saturated heterocycles. The summed E-state index contributed by atoms with van der Waals surface area (Å²) >= 11 is 0. The summed E-state index contributed by atoms with van der Waals surface area (Å²) in [5, 5.41) is 3.55. The number of fused-ring (bicyclic) bond motifs is 1. The van der Waals surface area contributed by atoms with Crippen LogP contribution in [0.25, 0.3) is 0 Å². The Morgan fingerprint density at radius 2 is 1.65 bits per heavy atom. The van der Waals surface area contributed by atoms with Crippen molar-refractivity contribution in [3.8, 4) is 0 Å². The molecule has 2 aromatic rings. The van der Waals surface area contributed by atoms with Crippen molar-refractivity contribution in [2.24, 2.45) is 5.73 Å². The van der Waals surface area contributed by atoms with Gasteiger partial charge in [-0.25, -0.2) is 4.39 Å². The predicted octanol–water partition coefficient (Wildman–Crippen LogP) is -0.158. The van der Waals surface area contributed by atoms with Crippen molar-refractivity contribution in [3.63, 3.8) is 0 Å². The lowest BCUT2D eigenvalue weighted by atomic mass is 10.2. The summed E-state index contributed by atoms with van der Waals surface area (Å²) in [6.07, 6.45) is -0.682. The summed E-state index contributed by atoms with van der Waals surface area (Å²) < 4.78 is 13.2. The molecular formula is C20H19FN6O4. The van der Waals surface area contributed by atoms with Crippen LogP contribution in [0.15, 0.2) is 48.5 Å². The summed E-state index contributed by atoms with van der Waals surface area (Å²) in [5.74, 6) is -3.10. The monoisotopic (exact) mass is 426 g/mol. The highest BCUT2D eigenvalue weighted by Gasteiger charge is 2.45. The van der Waals surface area contributed by atoms with Crippen LogP contribution in [0.2, 0.25) is 0 Å². The fraction of sp³-hybridized carbons (Fsp3) is 0.200. The van der Waals surface area contributed by atoms with Gasteiger partial charge in [0.05, 0.1) is 0 Å². The first-order chi connectivity index (χ1) is 14.8. The van der Waals surface area contributed by atoms with Crippen molar-refractivity contribution in [3.05, 3.63) is 59.9 Å². The van der Waals surface area contributed by atoms with Crippen molar-refractivity contribution in [2.45, 2.75) is 6.29 Å². The highest BCUT2D eigenvalue weighted by atomic mass is 19.1. The van der Waals surface area contributed by atoms with Crippen LogP contribution in [0.4, 0.5) is 15.8 Å². The molecule has 2 aliphatic heterocycles. The van der Waals surface area contributed by atoms with E-state index in [4.69, 9.17) is 5.73 Å². The van der Waals surface area contributed by atoms with Gasteiger partial charge in [-0.15, -0.1) is 0 Å². The minimum absolute atomic E-state index is 0.290. The zero-order valence-electron chi connectivity index (χ0n) is 16.2. The zero-order chi connectivity index (χ0) is 22.1. The second kappa shape index (κ2) is 8.03. The van der Waals surface area contributed by atoms with E-state index in [-0.39, 0.29) is 5.82 Å². The molecule has 2 aliphatic rings. The van der Waals surface area contributed by atoms with Crippen molar-refractivity contribution in [1.82, 2.24) is 15.3 Å². The normalized spacial score (nSPS) is 18.2. The number of carbonyl (C=O) groups excluding carboxylic acids is 4. The van der Waals surface area contributed by atoms with Gasteiger partial charge in [0.25, 0.3) is 0 Å². The first kappa shape index (κ1) is 20.3. The Hall–Kier alpha value is -3.99. The topological polar surface area (TPSA) is 128 Å². The van der Waals surface area contributed by atoms with E-state index in [1.54, 1.807) is 17.0 Å². The largest absolute Gasteiger partial charge is 0.366 e. The number of primary amides is 1. The van der Waals surface area contributed by atoms with Gasteiger partial charge in [0, 0.05) is 30.0 Å². The van der Waals surface area contributed by atoms with E-state index in [0.717, 1.165) is 5.01 Å². The van der Waals surface area contributed by atoms with Gasteiger partial charge < -0.3 is 16.0 Å². The highest BCUT2D eigenvalue weighted by molar-refractivity contribution is 6.35. The molecule has 0 aliphatic carbocycles. The van der Waals surface area contributed by atoms with E-state index in [1.165, 1.54) is 41.3 Å². The summed E-state index contributed by atoms with van der Waals surface area (Å²) in [6.45, 7) is 0.337. The molecule has 10 nitrogen and oxygen atoms in total. The van der Waals surface area contributed by atoms with Crippen LogP contribution in [0.1, 0.15) is 10.4 Å². The molecule has 0 aromatic heterocycles. The molecule has 2 heterocycles. The van der Waals surface area contributed by atoms with Crippen LogP contribution in [0.3, 0.4) is 0 Å². The molecular weight excluding hydrogens is 407 g/mol. The first-order valence-electron chi connectivity index (χ1n) is 9.44. The van der Waals surface area contributed by atoms with Gasteiger partial charge in [-0.1, -0.05) is 0 Å². The Labute approximate surface area is 176 Å². The zero-order valence-corrected chi connectivity index (χ0v) is 16.2. The molecule has 0 saturated carbocycles. The molecule has 1 atom stereocenters. The van der Waals surface area contributed by atoms with Gasteiger partial charge in [-0.3, -0.25) is 29.1 Å². The Kier molecular flexibility index (Phi) is 5.26. The maximum atomic E-state index is 13.2. The van der Waals surface area contributed by atoms with E-state index in [2.05, 4.69) is 10.7 Å². The van der Waals surface area contributed by atoms with Crippen molar-refractivity contribution < 1.29 is 23.6 Å². The number of nitrogens with two attached hydrogens (primary N) is 1. The molecule has 4 amide bonds. The number of nitrogens with zero attached hydrogens (tertiary/aromatic N) is 3. The number of carbonyl (C=O) groups is 4. The third-order valence-electron chi connectivity index (χ3n) is 5.05. The summed E-state index contributed by atoms with van der Waals surface area (Å²) in [6, 6.07) is 11.7. The third kappa shape index (κ3) is 4.03. The van der Waals surface area contributed by atoms with E-state index in [0.29, 0.717) is 30.0 Å². The standard InChI is InChI=1S/C20H19FN6O4/c21-13-3-7-15(8-4-13)25-9-10-26-18(30)19(31)27(24-20(25)26)11-16(28)23-14-5-1-12(2-6-14)17(22)29/h1-8,20,24H,9-11H2,(H2,22,29)(H,23,28). The molecule has 1 unspecified atom stereocenters. The van der Waals surface area contributed by atoms with Gasteiger partial charge >= 0.3 is 11.8 Å². The SMILES string of the molecule is NC(=O)c1ccc(NC(=O)CN2NC3N(CCN3c3ccc(F)cc3)C(=O)C2=O)cc1. The van der Waals surface area contributed by atoms with Gasteiger partial charge in [0.1, 0.15) is 12.4 Å². The lowest BCUT2D eigenvalue weighted by molar-refractivity contribution is -0.163. The molecule has 4 rings (SSSR count). The third-order valence-corrected chi connectivity index (χ3v) is 5.05. The number of anilines is 2. The summed E-state index contributed by atoms with van der Waals surface area (Å²) in [7, 11) is 0. The van der Waals surface area contributed by atoms with Gasteiger partial charge in [0.15, 0.2) is 6.29 Å². The lowest BCUT2D eigenvalue weighted by Crippen LogP contribution is -2.68. The first-order valence-corrected chi connectivity index (χ1v) is 9.44. The fourth-order valence-corrected chi connectivity index (χ4v) is 3.50. The maximum Gasteiger partial charge on any atom is 0.326 e. The maximum absolute atomic E-state index is 13.2. The minimum atomic E-state index is -0.851. The Balaban J connectivity index is 1.45. The Bertz CT molecular complexity index is 1040. The van der Waals surface area contributed by atoms with Crippen LogP contribution in [0, 0.1) is 5.82 Å². The van der Waals surface area contributed by atoms with E-state index < -0.39 is 36.5 Å². The second-order valence-corrected chi connectivity index (χ2v) is 7.05. The average Bonchev–Trinajstić information content (AvgIpc) is 3.16. The molecule has 0 spiro atoms. The number of rotatable bonds is 5. The summed E-state index contributed by atoms with van der Waals surface area (Å²) in [4.78, 5) is 51.7. The number of benzene rings is 2. The quantitative estimate of drug-likeness (QED) is 0.570. The molecule has 2 fully saturated rings. The van der Waals surface area contributed by atoms with Crippen LogP contribution in [0.5, 0.6) is 0 Å². The average molecular weight is 426 g/mol. The van der Waals surface area contributed by atoms with Crippen LogP contribution in [-0.2, 0) is 14.4 Å². The lowest BCUT2D eigenvalue weighted by Gasteiger charge is -2.40. The summed E-state index contributed by atoms with van der Waals surface area (Å²) in [5.41, 5.74) is 9.44. The molecule has 0 bridgehead atoms. The number of hydrogen-bond acceptors (Lipinski definition) is 6. The number of hydrogen-bond donors (Lipinski definition) is 3. The number of hydrazine groups is 1. The number of nitrogens with one attached hydrogen (secondary N) is 2. The van der Waals surface area contributed by atoms with Crippen molar-refractivity contribution >= 4 is 35.0 Å². The van der Waals surface area contributed by atoms with Crippen LogP contribution < -0.4 is 21.4 Å².